The normalized spacial score (nSPS) is 11.7. The van der Waals surface area contributed by atoms with E-state index in [-0.39, 0.29) is 5.56 Å². The van der Waals surface area contributed by atoms with E-state index in [0.717, 1.165) is 55.5 Å². The van der Waals surface area contributed by atoms with Crippen LogP contribution < -0.4 is 5.56 Å². The third-order valence-electron chi connectivity index (χ3n) is 7.63. The van der Waals surface area contributed by atoms with E-state index < -0.39 is 0 Å². The summed E-state index contributed by atoms with van der Waals surface area (Å²) in [5.41, 5.74) is 9.08. The summed E-state index contributed by atoms with van der Waals surface area (Å²) in [6, 6.07) is 12.1. The maximum atomic E-state index is 13.9. The fraction of sp³-hybridized carbons (Fsp3) is 0.167. The highest BCUT2D eigenvalue weighted by Gasteiger charge is 2.24. The molecule has 0 aliphatic rings. The predicted molar refractivity (Wildman–Crippen MR) is 154 cm³/mol. The average Bonchev–Trinajstić information content (AvgIpc) is 3.74. The smallest absolute Gasteiger partial charge is 0.262 e. The second-order valence-corrected chi connectivity index (χ2v) is 10.2. The average molecular weight is 531 g/mol. The molecule has 7 rings (SSSR count). The van der Waals surface area contributed by atoms with Crippen LogP contribution in [0.15, 0.2) is 70.5 Å². The van der Waals surface area contributed by atoms with E-state index in [1.807, 2.05) is 63.3 Å². The van der Waals surface area contributed by atoms with E-state index in [2.05, 4.69) is 43.5 Å². The molecule has 10 heteroatoms. The summed E-state index contributed by atoms with van der Waals surface area (Å²) in [6.07, 6.45) is 7.38. The monoisotopic (exact) mass is 530 g/mol. The minimum Gasteiger partial charge on any atom is -0.356 e. The Labute approximate surface area is 228 Å². The van der Waals surface area contributed by atoms with Crippen molar-refractivity contribution in [2.75, 3.05) is 0 Å². The molecule has 0 aliphatic carbocycles. The van der Waals surface area contributed by atoms with Crippen LogP contribution >= 0.6 is 0 Å². The van der Waals surface area contributed by atoms with Gasteiger partial charge in [-0.3, -0.25) is 14.2 Å². The van der Waals surface area contributed by atoms with Gasteiger partial charge in [-0.1, -0.05) is 29.4 Å². The third-order valence-corrected chi connectivity index (χ3v) is 7.63. The maximum absolute atomic E-state index is 13.9. The lowest BCUT2D eigenvalue weighted by molar-refractivity contribution is 0.426. The van der Waals surface area contributed by atoms with Gasteiger partial charge in [-0.25, -0.2) is 4.98 Å². The number of nitrogens with zero attached hydrogens (tertiary/aromatic N) is 7. The van der Waals surface area contributed by atoms with Gasteiger partial charge in [0.25, 0.3) is 5.56 Å². The first-order valence-electron chi connectivity index (χ1n) is 12.9. The number of aromatic nitrogens is 8. The summed E-state index contributed by atoms with van der Waals surface area (Å²) in [7, 11) is 5.58. The zero-order valence-corrected chi connectivity index (χ0v) is 22.7. The SMILES string of the molecule is Cc1cc(-c2c(-c3ccc(-c4cnn(C)c4C)cc3)c3c4cc(-c5cnn(C)c5)[nH]c4ncc3n(C)c2=O)on1. The summed E-state index contributed by atoms with van der Waals surface area (Å²) >= 11 is 0. The second kappa shape index (κ2) is 8.63. The highest BCUT2D eigenvalue weighted by Crippen LogP contribution is 2.40. The van der Waals surface area contributed by atoms with Crippen molar-refractivity contribution < 1.29 is 4.52 Å². The number of aromatic amines is 1. The number of H-pyrrole nitrogens is 1. The molecular formula is C30H26N8O2. The zero-order chi connectivity index (χ0) is 27.7. The Morgan fingerprint density at radius 2 is 1.65 bits per heavy atom. The van der Waals surface area contributed by atoms with Crippen LogP contribution in [-0.2, 0) is 21.1 Å². The molecule has 1 aromatic carbocycles. The zero-order valence-electron chi connectivity index (χ0n) is 22.7. The molecule has 0 spiro atoms. The summed E-state index contributed by atoms with van der Waals surface area (Å²) in [4.78, 5) is 22.0. The molecule has 0 unspecified atom stereocenters. The number of pyridine rings is 2. The summed E-state index contributed by atoms with van der Waals surface area (Å²) in [5.74, 6) is 0.426. The van der Waals surface area contributed by atoms with Crippen molar-refractivity contribution in [2.24, 2.45) is 21.1 Å². The fourth-order valence-electron chi connectivity index (χ4n) is 5.40. The number of aryl methyl sites for hydroxylation is 4. The van der Waals surface area contributed by atoms with Crippen LogP contribution in [0.4, 0.5) is 0 Å². The van der Waals surface area contributed by atoms with Crippen molar-refractivity contribution in [3.8, 4) is 44.8 Å². The van der Waals surface area contributed by atoms with Crippen molar-refractivity contribution in [2.45, 2.75) is 13.8 Å². The van der Waals surface area contributed by atoms with E-state index in [1.54, 1.807) is 28.6 Å². The number of hydrogen-bond donors (Lipinski definition) is 1. The lowest BCUT2D eigenvalue weighted by Gasteiger charge is -2.16. The summed E-state index contributed by atoms with van der Waals surface area (Å²) in [5, 5.41) is 14.6. The number of rotatable bonds is 4. The number of nitrogens with one attached hydrogen (secondary N) is 1. The molecule has 0 amide bonds. The number of hydrogen-bond acceptors (Lipinski definition) is 6. The van der Waals surface area contributed by atoms with E-state index >= 15 is 0 Å². The summed E-state index contributed by atoms with van der Waals surface area (Å²) in [6.45, 7) is 3.89. The number of benzene rings is 1. The molecule has 0 atom stereocenters. The minimum atomic E-state index is -0.185. The molecule has 198 valence electrons. The lowest BCUT2D eigenvalue weighted by Crippen LogP contribution is -2.20. The molecule has 7 aromatic rings. The Morgan fingerprint density at radius 1 is 0.875 bits per heavy atom. The van der Waals surface area contributed by atoms with Gasteiger partial charge in [0.05, 0.1) is 41.1 Å². The van der Waals surface area contributed by atoms with Crippen molar-refractivity contribution in [1.82, 2.24) is 39.3 Å². The van der Waals surface area contributed by atoms with Crippen molar-refractivity contribution in [3.63, 3.8) is 0 Å². The molecular weight excluding hydrogens is 504 g/mol. The molecule has 6 heterocycles. The lowest BCUT2D eigenvalue weighted by atomic mass is 9.92. The highest BCUT2D eigenvalue weighted by molar-refractivity contribution is 6.15. The molecule has 40 heavy (non-hydrogen) atoms. The van der Waals surface area contributed by atoms with Gasteiger partial charge in [0.15, 0.2) is 5.76 Å². The Hall–Kier alpha value is -5.25. The number of fused-ring (bicyclic) bond motifs is 3. The molecule has 10 nitrogen and oxygen atoms in total. The Balaban J connectivity index is 1.56. The molecule has 0 saturated heterocycles. The topological polar surface area (TPSA) is 112 Å². The molecule has 0 radical (unpaired) electrons. The van der Waals surface area contributed by atoms with Gasteiger partial charge in [0.2, 0.25) is 0 Å². The van der Waals surface area contributed by atoms with Crippen molar-refractivity contribution in [1.29, 1.82) is 0 Å². The van der Waals surface area contributed by atoms with E-state index in [0.29, 0.717) is 22.7 Å². The second-order valence-electron chi connectivity index (χ2n) is 10.2. The van der Waals surface area contributed by atoms with E-state index in [1.165, 1.54) is 0 Å². The van der Waals surface area contributed by atoms with Crippen LogP contribution in [0.5, 0.6) is 0 Å². The first-order chi connectivity index (χ1) is 19.3. The van der Waals surface area contributed by atoms with Gasteiger partial charge in [0.1, 0.15) is 5.65 Å². The molecule has 6 aromatic heterocycles. The van der Waals surface area contributed by atoms with Crippen LogP contribution in [0, 0.1) is 13.8 Å². The van der Waals surface area contributed by atoms with Gasteiger partial charge in [0, 0.05) is 66.6 Å². The maximum Gasteiger partial charge on any atom is 0.262 e. The Morgan fingerprint density at radius 3 is 2.30 bits per heavy atom. The van der Waals surface area contributed by atoms with Crippen molar-refractivity contribution in [3.05, 3.63) is 82.9 Å². The predicted octanol–water partition coefficient (Wildman–Crippen LogP) is 5.15. The van der Waals surface area contributed by atoms with Gasteiger partial charge in [-0.15, -0.1) is 0 Å². The van der Waals surface area contributed by atoms with Gasteiger partial charge in [-0.2, -0.15) is 10.2 Å². The van der Waals surface area contributed by atoms with Crippen molar-refractivity contribution >= 4 is 21.9 Å². The van der Waals surface area contributed by atoms with E-state index in [4.69, 9.17) is 4.52 Å². The van der Waals surface area contributed by atoms with Crippen LogP contribution in [0.1, 0.15) is 11.4 Å². The third kappa shape index (κ3) is 3.53. The Kier molecular flexibility index (Phi) is 5.15. The van der Waals surface area contributed by atoms with Crippen LogP contribution in [-0.4, -0.2) is 39.3 Å². The molecule has 0 fully saturated rings. The largest absolute Gasteiger partial charge is 0.356 e. The molecule has 0 bridgehead atoms. The summed E-state index contributed by atoms with van der Waals surface area (Å²) < 4.78 is 10.9. The first kappa shape index (κ1) is 23.8. The molecule has 1 N–H and O–H groups in total. The first-order valence-corrected chi connectivity index (χ1v) is 12.9. The minimum absolute atomic E-state index is 0.185. The molecule has 0 aliphatic heterocycles. The van der Waals surface area contributed by atoms with Crippen LogP contribution in [0.25, 0.3) is 66.8 Å². The quantitative estimate of drug-likeness (QED) is 0.337. The van der Waals surface area contributed by atoms with E-state index in [9.17, 15) is 4.79 Å². The fourth-order valence-corrected chi connectivity index (χ4v) is 5.40. The van der Waals surface area contributed by atoms with Gasteiger partial charge >= 0.3 is 0 Å². The van der Waals surface area contributed by atoms with Crippen LogP contribution in [0.3, 0.4) is 0 Å². The molecule has 0 saturated carbocycles. The van der Waals surface area contributed by atoms with Crippen LogP contribution in [0.2, 0.25) is 0 Å². The standard InChI is InChI=1S/C30H26N8O2/c1-16-10-25(40-35-16)28-26(19-8-6-18(7-9-19)22-13-33-38(5)17(22)2)27-21-11-23(20-12-32-36(3)15-20)34-29(21)31-14-24(27)37(4)30(28)39/h6-15H,1-5H3,(H,31,34). The van der Waals surface area contributed by atoms with Gasteiger partial charge < -0.3 is 14.1 Å². The Bertz CT molecular complexity index is 2140. The van der Waals surface area contributed by atoms with Gasteiger partial charge in [-0.05, 0) is 31.0 Å². The highest BCUT2D eigenvalue weighted by atomic mass is 16.5.